The highest BCUT2D eigenvalue weighted by Crippen LogP contribution is 2.20. The molecule has 0 aliphatic carbocycles. The van der Waals surface area contributed by atoms with E-state index in [1.165, 1.54) is 0 Å². The van der Waals surface area contributed by atoms with E-state index in [1.54, 1.807) is 10.7 Å². The van der Waals surface area contributed by atoms with Crippen LogP contribution in [0, 0.1) is 12.8 Å². The summed E-state index contributed by atoms with van der Waals surface area (Å²) in [7, 11) is 0. The van der Waals surface area contributed by atoms with Gasteiger partial charge in [0.2, 0.25) is 0 Å². The molecule has 0 N–H and O–H groups in total. The first kappa shape index (κ1) is 15.7. The van der Waals surface area contributed by atoms with E-state index in [9.17, 15) is 4.79 Å². The number of fused-ring (bicyclic) bond motifs is 1. The number of aromatic nitrogens is 4. The molecule has 0 spiro atoms. The van der Waals surface area contributed by atoms with E-state index in [0.29, 0.717) is 17.3 Å². The number of amides is 1. The SMILES string of the molecule is Cc1cc(C(=O)N2CCC(C)CC2)nc2cc(-c3ccccn3)nn12. The molecule has 1 saturated heterocycles. The van der Waals surface area contributed by atoms with Gasteiger partial charge in [0.1, 0.15) is 11.4 Å². The van der Waals surface area contributed by atoms with E-state index >= 15 is 0 Å². The average Bonchev–Trinajstić information content (AvgIpc) is 3.07. The summed E-state index contributed by atoms with van der Waals surface area (Å²) in [6.45, 7) is 5.80. The van der Waals surface area contributed by atoms with Gasteiger partial charge in [0.15, 0.2) is 5.65 Å². The highest BCUT2D eigenvalue weighted by molar-refractivity contribution is 5.93. The van der Waals surface area contributed by atoms with Crippen molar-refractivity contribution in [3.63, 3.8) is 0 Å². The van der Waals surface area contributed by atoms with Gasteiger partial charge in [-0.1, -0.05) is 13.0 Å². The van der Waals surface area contributed by atoms with Gasteiger partial charge in [0, 0.05) is 31.0 Å². The third-order valence-corrected chi connectivity index (χ3v) is 4.82. The Morgan fingerprint density at radius 1 is 1.16 bits per heavy atom. The number of carbonyl (C=O) groups excluding carboxylic acids is 1. The zero-order chi connectivity index (χ0) is 17.4. The number of pyridine rings is 1. The maximum atomic E-state index is 12.8. The lowest BCUT2D eigenvalue weighted by Crippen LogP contribution is -2.38. The quantitative estimate of drug-likeness (QED) is 0.722. The molecule has 6 nitrogen and oxygen atoms in total. The molecule has 4 heterocycles. The summed E-state index contributed by atoms with van der Waals surface area (Å²) >= 11 is 0. The van der Waals surface area contributed by atoms with E-state index in [-0.39, 0.29) is 5.91 Å². The molecule has 1 aliphatic rings. The van der Waals surface area contributed by atoms with Crippen LogP contribution in [-0.2, 0) is 0 Å². The standard InChI is InChI=1S/C19H21N5O/c1-13-6-9-23(10-7-13)19(25)17-11-14(2)24-18(21-17)12-16(22-24)15-5-3-4-8-20-15/h3-5,8,11-13H,6-7,9-10H2,1-2H3. The van der Waals surface area contributed by atoms with Crippen molar-refractivity contribution in [1.29, 1.82) is 0 Å². The lowest BCUT2D eigenvalue weighted by atomic mass is 9.99. The van der Waals surface area contributed by atoms with Crippen LogP contribution < -0.4 is 0 Å². The highest BCUT2D eigenvalue weighted by Gasteiger charge is 2.23. The first-order valence-electron chi connectivity index (χ1n) is 8.70. The normalized spacial score (nSPS) is 15.7. The summed E-state index contributed by atoms with van der Waals surface area (Å²) in [6.07, 6.45) is 3.86. The molecule has 3 aromatic rings. The third kappa shape index (κ3) is 2.99. The first-order chi connectivity index (χ1) is 12.1. The molecule has 0 atom stereocenters. The molecule has 0 bridgehead atoms. The fourth-order valence-corrected chi connectivity index (χ4v) is 3.25. The molecule has 1 amide bonds. The number of likely N-dealkylation sites (tertiary alicyclic amines) is 1. The fourth-order valence-electron chi connectivity index (χ4n) is 3.25. The van der Waals surface area contributed by atoms with E-state index < -0.39 is 0 Å². The molecule has 128 valence electrons. The van der Waals surface area contributed by atoms with Gasteiger partial charge in [0.25, 0.3) is 5.91 Å². The van der Waals surface area contributed by atoms with Crippen LogP contribution >= 0.6 is 0 Å². The van der Waals surface area contributed by atoms with Gasteiger partial charge in [-0.2, -0.15) is 5.10 Å². The van der Waals surface area contributed by atoms with Crippen molar-refractivity contribution >= 4 is 11.6 Å². The topological polar surface area (TPSA) is 63.4 Å². The number of carbonyl (C=O) groups is 1. The summed E-state index contributed by atoms with van der Waals surface area (Å²) in [6, 6.07) is 9.42. The minimum atomic E-state index is 0.0121. The minimum Gasteiger partial charge on any atom is -0.337 e. The zero-order valence-corrected chi connectivity index (χ0v) is 14.5. The summed E-state index contributed by atoms with van der Waals surface area (Å²) in [5, 5.41) is 4.57. The van der Waals surface area contributed by atoms with Crippen LogP contribution in [0.3, 0.4) is 0 Å². The molecule has 4 rings (SSSR count). The molecular formula is C19H21N5O. The molecule has 25 heavy (non-hydrogen) atoms. The monoisotopic (exact) mass is 335 g/mol. The second kappa shape index (κ2) is 6.27. The number of hydrogen-bond donors (Lipinski definition) is 0. The number of rotatable bonds is 2. The summed E-state index contributed by atoms with van der Waals surface area (Å²) in [4.78, 5) is 23.6. The van der Waals surface area contributed by atoms with Crippen LogP contribution in [0.2, 0.25) is 0 Å². The molecule has 0 aromatic carbocycles. The third-order valence-electron chi connectivity index (χ3n) is 4.82. The Morgan fingerprint density at radius 3 is 2.68 bits per heavy atom. The first-order valence-corrected chi connectivity index (χ1v) is 8.70. The molecule has 6 heteroatoms. The Balaban J connectivity index is 1.68. The molecule has 1 aliphatic heterocycles. The van der Waals surface area contributed by atoms with Crippen molar-refractivity contribution in [2.45, 2.75) is 26.7 Å². The van der Waals surface area contributed by atoms with Crippen molar-refractivity contribution in [3.8, 4) is 11.4 Å². The Kier molecular flexibility index (Phi) is 3.95. The minimum absolute atomic E-state index is 0.0121. The highest BCUT2D eigenvalue weighted by atomic mass is 16.2. The number of nitrogens with zero attached hydrogens (tertiary/aromatic N) is 5. The van der Waals surface area contributed by atoms with Crippen molar-refractivity contribution in [1.82, 2.24) is 24.5 Å². The predicted octanol–water partition coefficient (Wildman–Crippen LogP) is 2.97. The van der Waals surface area contributed by atoms with Crippen molar-refractivity contribution < 1.29 is 4.79 Å². The average molecular weight is 335 g/mol. The van der Waals surface area contributed by atoms with Gasteiger partial charge < -0.3 is 4.90 Å². The van der Waals surface area contributed by atoms with E-state index in [0.717, 1.165) is 43.0 Å². The van der Waals surface area contributed by atoms with Crippen LogP contribution in [0.1, 0.15) is 35.9 Å². The lowest BCUT2D eigenvalue weighted by Gasteiger charge is -2.30. The van der Waals surface area contributed by atoms with Gasteiger partial charge in [-0.25, -0.2) is 9.50 Å². The van der Waals surface area contributed by atoms with Gasteiger partial charge in [0.05, 0.1) is 5.69 Å². The van der Waals surface area contributed by atoms with Gasteiger partial charge in [-0.3, -0.25) is 9.78 Å². The van der Waals surface area contributed by atoms with Crippen LogP contribution in [0.25, 0.3) is 17.0 Å². The molecule has 0 saturated carbocycles. The van der Waals surface area contributed by atoms with Crippen LogP contribution in [-0.4, -0.2) is 43.5 Å². The van der Waals surface area contributed by atoms with Crippen LogP contribution in [0.15, 0.2) is 36.5 Å². The van der Waals surface area contributed by atoms with Crippen LogP contribution in [0.4, 0.5) is 0 Å². The smallest absolute Gasteiger partial charge is 0.272 e. The van der Waals surface area contributed by atoms with Crippen LogP contribution in [0.5, 0.6) is 0 Å². The second-order valence-corrected chi connectivity index (χ2v) is 6.77. The summed E-state index contributed by atoms with van der Waals surface area (Å²) in [5.41, 5.74) is 3.61. The van der Waals surface area contributed by atoms with E-state index in [2.05, 4.69) is 22.0 Å². The van der Waals surface area contributed by atoms with Crippen molar-refractivity contribution in [2.24, 2.45) is 5.92 Å². The maximum absolute atomic E-state index is 12.8. The molecule has 0 radical (unpaired) electrons. The van der Waals surface area contributed by atoms with Crippen molar-refractivity contribution in [3.05, 3.63) is 47.9 Å². The maximum Gasteiger partial charge on any atom is 0.272 e. The Hall–Kier alpha value is -2.76. The Morgan fingerprint density at radius 2 is 1.96 bits per heavy atom. The number of aryl methyl sites for hydroxylation is 1. The number of piperidine rings is 1. The van der Waals surface area contributed by atoms with Crippen molar-refractivity contribution in [2.75, 3.05) is 13.1 Å². The largest absolute Gasteiger partial charge is 0.337 e. The molecule has 0 unspecified atom stereocenters. The Labute approximate surface area is 146 Å². The summed E-state index contributed by atoms with van der Waals surface area (Å²) in [5.74, 6) is 0.704. The van der Waals surface area contributed by atoms with Gasteiger partial charge >= 0.3 is 0 Å². The zero-order valence-electron chi connectivity index (χ0n) is 14.5. The van der Waals surface area contributed by atoms with E-state index in [1.807, 2.05) is 42.2 Å². The predicted molar refractivity (Wildman–Crippen MR) is 95.3 cm³/mol. The second-order valence-electron chi connectivity index (χ2n) is 6.77. The lowest BCUT2D eigenvalue weighted by molar-refractivity contribution is 0.0691. The summed E-state index contributed by atoms with van der Waals surface area (Å²) < 4.78 is 1.76. The molecule has 1 fully saturated rings. The fraction of sp³-hybridized carbons (Fsp3) is 0.368. The molecule has 3 aromatic heterocycles. The molecular weight excluding hydrogens is 314 g/mol. The van der Waals surface area contributed by atoms with Gasteiger partial charge in [-0.05, 0) is 43.9 Å². The van der Waals surface area contributed by atoms with Gasteiger partial charge in [-0.15, -0.1) is 0 Å². The number of hydrogen-bond acceptors (Lipinski definition) is 4. The van der Waals surface area contributed by atoms with E-state index in [4.69, 9.17) is 0 Å². The Bertz CT molecular complexity index is 910.